The SMILES string of the molecule is CCOC(=O)C(C)(C)c1csc(NC(=O)N2CCC(C(=O)O)CC2)n1. The Bertz CT molecular complexity index is 650. The Balaban J connectivity index is 1.96. The van der Waals surface area contributed by atoms with Crippen molar-refractivity contribution >= 4 is 34.4 Å². The molecule has 0 saturated carbocycles. The Morgan fingerprint density at radius 2 is 2.04 bits per heavy atom. The van der Waals surface area contributed by atoms with Crippen LogP contribution < -0.4 is 5.32 Å². The predicted octanol–water partition coefficient (Wildman–Crippen LogP) is 2.31. The van der Waals surface area contributed by atoms with Crippen LogP contribution in [-0.4, -0.2) is 52.7 Å². The Morgan fingerprint density at radius 1 is 1.40 bits per heavy atom. The molecule has 0 aliphatic carbocycles. The van der Waals surface area contributed by atoms with E-state index >= 15 is 0 Å². The number of hydrogen-bond donors (Lipinski definition) is 2. The molecule has 0 bridgehead atoms. The van der Waals surface area contributed by atoms with Crippen LogP contribution in [0.1, 0.15) is 39.3 Å². The summed E-state index contributed by atoms with van der Waals surface area (Å²) in [6, 6.07) is -0.307. The average Bonchev–Trinajstić information content (AvgIpc) is 3.04. The van der Waals surface area contributed by atoms with Gasteiger partial charge >= 0.3 is 18.0 Å². The molecule has 0 spiro atoms. The first-order chi connectivity index (χ1) is 11.8. The summed E-state index contributed by atoms with van der Waals surface area (Å²) in [6.45, 7) is 6.28. The number of carbonyl (C=O) groups is 3. The van der Waals surface area contributed by atoms with Gasteiger partial charge in [0.25, 0.3) is 0 Å². The minimum Gasteiger partial charge on any atom is -0.481 e. The molecule has 138 valence electrons. The number of anilines is 1. The van der Waals surface area contributed by atoms with E-state index in [9.17, 15) is 14.4 Å². The number of nitrogens with zero attached hydrogens (tertiary/aromatic N) is 2. The molecule has 1 saturated heterocycles. The van der Waals surface area contributed by atoms with Crippen LogP contribution in [0.3, 0.4) is 0 Å². The predicted molar refractivity (Wildman–Crippen MR) is 92.7 cm³/mol. The molecule has 0 atom stereocenters. The lowest BCUT2D eigenvalue weighted by molar-refractivity contribution is -0.149. The first-order valence-electron chi connectivity index (χ1n) is 8.17. The van der Waals surface area contributed by atoms with Gasteiger partial charge < -0.3 is 14.7 Å². The van der Waals surface area contributed by atoms with Crippen molar-refractivity contribution in [3.8, 4) is 0 Å². The van der Waals surface area contributed by atoms with Gasteiger partial charge in [-0.1, -0.05) is 0 Å². The standard InChI is InChI=1S/C16H23N3O5S/c1-4-24-13(22)16(2,3)11-9-25-14(17-11)18-15(23)19-7-5-10(6-8-19)12(20)21/h9-10H,4-8H2,1-3H3,(H,20,21)(H,17,18,23). The number of piperidine rings is 1. The van der Waals surface area contributed by atoms with E-state index in [0.717, 1.165) is 0 Å². The molecule has 8 nitrogen and oxygen atoms in total. The van der Waals surface area contributed by atoms with Gasteiger partial charge in [-0.25, -0.2) is 9.78 Å². The van der Waals surface area contributed by atoms with E-state index in [4.69, 9.17) is 9.84 Å². The van der Waals surface area contributed by atoms with E-state index in [1.807, 2.05) is 0 Å². The van der Waals surface area contributed by atoms with Crippen molar-refractivity contribution in [2.24, 2.45) is 5.92 Å². The lowest BCUT2D eigenvalue weighted by Crippen LogP contribution is -2.42. The minimum atomic E-state index is -0.894. The van der Waals surface area contributed by atoms with E-state index in [2.05, 4.69) is 10.3 Å². The number of rotatable bonds is 5. The zero-order valence-electron chi connectivity index (χ0n) is 14.6. The normalized spacial score (nSPS) is 15.7. The van der Waals surface area contributed by atoms with E-state index < -0.39 is 11.4 Å². The maximum Gasteiger partial charge on any atom is 0.323 e. The molecule has 25 heavy (non-hydrogen) atoms. The van der Waals surface area contributed by atoms with Gasteiger partial charge in [-0.2, -0.15) is 0 Å². The lowest BCUT2D eigenvalue weighted by atomic mass is 9.90. The van der Waals surface area contributed by atoms with Gasteiger partial charge in [0.1, 0.15) is 5.41 Å². The van der Waals surface area contributed by atoms with Gasteiger partial charge in [0.2, 0.25) is 0 Å². The molecule has 9 heteroatoms. The summed E-state index contributed by atoms with van der Waals surface area (Å²) < 4.78 is 5.06. The topological polar surface area (TPSA) is 109 Å². The monoisotopic (exact) mass is 369 g/mol. The van der Waals surface area contributed by atoms with Crippen LogP contribution in [0, 0.1) is 5.92 Å². The number of carbonyl (C=O) groups excluding carboxylic acids is 2. The van der Waals surface area contributed by atoms with Gasteiger partial charge in [-0.05, 0) is 33.6 Å². The highest BCUT2D eigenvalue weighted by Crippen LogP contribution is 2.28. The molecular formula is C16H23N3O5S. The molecule has 1 aromatic rings. The molecule has 1 aliphatic heterocycles. The average molecular weight is 369 g/mol. The summed E-state index contributed by atoms with van der Waals surface area (Å²) in [7, 11) is 0. The van der Waals surface area contributed by atoms with Gasteiger partial charge in [0.05, 0.1) is 18.2 Å². The van der Waals surface area contributed by atoms with Gasteiger partial charge in [-0.15, -0.1) is 11.3 Å². The van der Waals surface area contributed by atoms with Crippen LogP contribution in [0.15, 0.2) is 5.38 Å². The van der Waals surface area contributed by atoms with E-state index in [-0.39, 0.29) is 17.9 Å². The fourth-order valence-electron chi connectivity index (χ4n) is 2.53. The maximum absolute atomic E-state index is 12.3. The minimum absolute atomic E-state index is 0.294. The third kappa shape index (κ3) is 4.47. The summed E-state index contributed by atoms with van der Waals surface area (Å²) in [5.41, 5.74) is -0.356. The van der Waals surface area contributed by atoms with Gasteiger partial charge in [0.15, 0.2) is 5.13 Å². The third-order valence-electron chi connectivity index (χ3n) is 4.28. The van der Waals surface area contributed by atoms with Crippen molar-refractivity contribution in [2.45, 2.75) is 39.0 Å². The second-order valence-electron chi connectivity index (χ2n) is 6.41. The highest BCUT2D eigenvalue weighted by atomic mass is 32.1. The molecule has 2 amide bonds. The number of ether oxygens (including phenoxy) is 1. The van der Waals surface area contributed by atoms with Crippen LogP contribution in [0.2, 0.25) is 0 Å². The summed E-state index contributed by atoms with van der Waals surface area (Å²) in [5, 5.41) is 13.8. The Morgan fingerprint density at radius 3 is 2.60 bits per heavy atom. The summed E-state index contributed by atoms with van der Waals surface area (Å²) in [6.07, 6.45) is 0.892. The van der Waals surface area contributed by atoms with Crippen LogP contribution in [0.4, 0.5) is 9.93 Å². The van der Waals surface area contributed by atoms with Crippen LogP contribution in [0.5, 0.6) is 0 Å². The van der Waals surface area contributed by atoms with Crippen LogP contribution >= 0.6 is 11.3 Å². The van der Waals surface area contributed by atoms with Gasteiger partial charge in [-0.3, -0.25) is 14.9 Å². The first kappa shape index (κ1) is 19.2. The molecule has 1 fully saturated rings. The summed E-state index contributed by atoms with van der Waals surface area (Å²) >= 11 is 1.24. The zero-order valence-corrected chi connectivity index (χ0v) is 15.4. The molecule has 2 N–H and O–H groups in total. The van der Waals surface area contributed by atoms with Crippen molar-refractivity contribution in [1.29, 1.82) is 0 Å². The summed E-state index contributed by atoms with van der Waals surface area (Å²) in [4.78, 5) is 41.2. The molecule has 0 unspecified atom stereocenters. The second kappa shape index (κ2) is 7.81. The number of aromatic nitrogens is 1. The molecule has 2 rings (SSSR count). The molecular weight excluding hydrogens is 346 g/mol. The highest BCUT2D eigenvalue weighted by molar-refractivity contribution is 7.14. The Kier molecular flexibility index (Phi) is 5.99. The number of thiazole rings is 1. The second-order valence-corrected chi connectivity index (χ2v) is 7.27. The molecule has 2 heterocycles. The number of esters is 1. The quantitative estimate of drug-likeness (QED) is 0.771. The van der Waals surface area contributed by atoms with E-state index in [0.29, 0.717) is 43.4 Å². The largest absolute Gasteiger partial charge is 0.481 e. The number of hydrogen-bond acceptors (Lipinski definition) is 6. The smallest absolute Gasteiger partial charge is 0.323 e. The van der Waals surface area contributed by atoms with Crippen molar-refractivity contribution < 1.29 is 24.2 Å². The molecule has 0 radical (unpaired) electrons. The maximum atomic E-state index is 12.3. The molecule has 0 aromatic carbocycles. The molecule has 1 aliphatic rings. The number of carboxylic acids is 1. The number of amides is 2. The number of carboxylic acid groups (broad SMARTS) is 1. The van der Waals surface area contributed by atoms with Crippen molar-refractivity contribution in [3.05, 3.63) is 11.1 Å². The van der Waals surface area contributed by atoms with Crippen molar-refractivity contribution in [1.82, 2.24) is 9.88 Å². The zero-order chi connectivity index (χ0) is 18.6. The Hall–Kier alpha value is -2.16. The van der Waals surface area contributed by atoms with E-state index in [1.54, 1.807) is 31.1 Å². The fraction of sp³-hybridized carbons (Fsp3) is 0.625. The fourth-order valence-corrected chi connectivity index (χ4v) is 3.40. The van der Waals surface area contributed by atoms with E-state index in [1.165, 1.54) is 11.3 Å². The number of aliphatic carboxylic acids is 1. The number of urea groups is 1. The highest BCUT2D eigenvalue weighted by Gasteiger charge is 2.34. The third-order valence-corrected chi connectivity index (χ3v) is 5.03. The first-order valence-corrected chi connectivity index (χ1v) is 9.05. The molecule has 1 aromatic heterocycles. The van der Waals surface area contributed by atoms with Crippen LogP contribution in [0.25, 0.3) is 0 Å². The Labute approximate surface area is 150 Å². The van der Waals surface area contributed by atoms with Gasteiger partial charge in [0, 0.05) is 18.5 Å². The number of likely N-dealkylation sites (tertiary alicyclic amines) is 1. The number of nitrogens with one attached hydrogen (secondary N) is 1. The van der Waals surface area contributed by atoms with Crippen LogP contribution in [-0.2, 0) is 19.7 Å². The van der Waals surface area contributed by atoms with Crippen molar-refractivity contribution in [3.63, 3.8) is 0 Å². The summed E-state index contributed by atoms with van der Waals surface area (Å²) in [5.74, 6) is -1.57. The lowest BCUT2D eigenvalue weighted by Gasteiger charge is -2.29. The van der Waals surface area contributed by atoms with Crippen molar-refractivity contribution in [2.75, 3.05) is 25.0 Å².